The summed E-state index contributed by atoms with van der Waals surface area (Å²) in [4.78, 5) is 28.0. The number of hydrogen-bond donors (Lipinski definition) is 2. The highest BCUT2D eigenvalue weighted by Gasteiger charge is 2.15. The van der Waals surface area contributed by atoms with Crippen LogP contribution < -0.4 is 15.4 Å². The lowest BCUT2D eigenvalue weighted by molar-refractivity contribution is -0.123. The molecule has 4 rings (SSSR count). The molecule has 1 aliphatic rings. The highest BCUT2D eigenvalue weighted by atomic mass is 32.1. The van der Waals surface area contributed by atoms with Crippen molar-refractivity contribution < 1.29 is 14.3 Å². The first-order chi connectivity index (χ1) is 13.7. The molecule has 0 atom stereocenters. The number of thiazole rings is 1. The van der Waals surface area contributed by atoms with Gasteiger partial charge < -0.3 is 15.4 Å². The SMILES string of the molecule is O=C(COc1ccc2c(c1)CCC(=O)N2)NCCCc1nc2ccccc2s1. The number of carbonyl (C=O) groups excluding carboxylic acids is 2. The summed E-state index contributed by atoms with van der Waals surface area (Å²) in [7, 11) is 0. The van der Waals surface area contributed by atoms with Gasteiger partial charge in [0.15, 0.2) is 6.61 Å². The Kier molecular flexibility index (Phi) is 5.53. The van der Waals surface area contributed by atoms with Gasteiger partial charge in [0.1, 0.15) is 5.75 Å². The third-order valence-corrected chi connectivity index (χ3v) is 5.67. The van der Waals surface area contributed by atoms with Crippen molar-refractivity contribution in [3.63, 3.8) is 0 Å². The van der Waals surface area contributed by atoms with Gasteiger partial charge >= 0.3 is 0 Å². The second kappa shape index (κ2) is 8.39. The van der Waals surface area contributed by atoms with Crippen LogP contribution in [0.25, 0.3) is 10.2 Å². The summed E-state index contributed by atoms with van der Waals surface area (Å²) < 4.78 is 6.77. The number of aryl methyl sites for hydroxylation is 2. The second-order valence-corrected chi connectivity index (χ2v) is 7.80. The number of nitrogens with one attached hydrogen (secondary N) is 2. The minimum Gasteiger partial charge on any atom is -0.484 e. The van der Waals surface area contributed by atoms with E-state index in [0.717, 1.165) is 34.6 Å². The molecule has 6 nitrogen and oxygen atoms in total. The van der Waals surface area contributed by atoms with Crippen LogP contribution >= 0.6 is 11.3 Å². The molecule has 3 aromatic rings. The van der Waals surface area contributed by atoms with Crippen LogP contribution in [0.15, 0.2) is 42.5 Å². The van der Waals surface area contributed by atoms with E-state index in [0.29, 0.717) is 25.1 Å². The van der Waals surface area contributed by atoms with Crippen LogP contribution in [0.1, 0.15) is 23.4 Å². The van der Waals surface area contributed by atoms with Crippen LogP contribution in [-0.2, 0) is 22.4 Å². The standard InChI is InChI=1S/C21H21N3O3S/c25-19-10-7-14-12-15(8-9-16(14)23-19)27-13-20(26)22-11-3-6-21-24-17-4-1-2-5-18(17)28-21/h1-2,4-5,8-9,12H,3,6-7,10-11,13H2,(H,22,26)(H,23,25). The minimum atomic E-state index is -0.143. The van der Waals surface area contributed by atoms with Gasteiger partial charge in [-0.15, -0.1) is 11.3 Å². The lowest BCUT2D eigenvalue weighted by Gasteiger charge is -2.17. The molecule has 0 bridgehead atoms. The number of hydrogen-bond acceptors (Lipinski definition) is 5. The molecule has 28 heavy (non-hydrogen) atoms. The zero-order chi connectivity index (χ0) is 19.3. The van der Waals surface area contributed by atoms with Gasteiger partial charge in [-0.1, -0.05) is 12.1 Å². The Morgan fingerprint density at radius 3 is 3.00 bits per heavy atom. The fourth-order valence-electron chi connectivity index (χ4n) is 3.14. The number of carbonyl (C=O) groups is 2. The van der Waals surface area contributed by atoms with Crippen molar-refractivity contribution in [1.82, 2.24) is 10.3 Å². The Hall–Kier alpha value is -2.93. The van der Waals surface area contributed by atoms with Crippen LogP contribution in [0.2, 0.25) is 0 Å². The van der Waals surface area contributed by atoms with Gasteiger partial charge in [-0.05, 0) is 48.7 Å². The van der Waals surface area contributed by atoms with Gasteiger partial charge in [-0.25, -0.2) is 4.98 Å². The van der Waals surface area contributed by atoms with Gasteiger partial charge in [-0.3, -0.25) is 9.59 Å². The predicted octanol–water partition coefficient (Wildman–Crippen LogP) is 3.31. The number of para-hydroxylation sites is 1. The Morgan fingerprint density at radius 1 is 1.21 bits per heavy atom. The summed E-state index contributed by atoms with van der Waals surface area (Å²) in [5.74, 6) is 0.529. The van der Waals surface area contributed by atoms with E-state index in [1.807, 2.05) is 30.3 Å². The molecule has 0 radical (unpaired) electrons. The summed E-state index contributed by atoms with van der Waals surface area (Å²) in [5.41, 5.74) is 2.89. The van der Waals surface area contributed by atoms with Crippen LogP contribution in [0.5, 0.6) is 5.75 Å². The van der Waals surface area contributed by atoms with E-state index < -0.39 is 0 Å². The predicted molar refractivity (Wildman–Crippen MR) is 110 cm³/mol. The molecule has 7 heteroatoms. The van der Waals surface area contributed by atoms with Gasteiger partial charge in [0.25, 0.3) is 5.91 Å². The molecule has 0 saturated carbocycles. The van der Waals surface area contributed by atoms with Crippen molar-refractivity contribution in [2.75, 3.05) is 18.5 Å². The number of anilines is 1. The van der Waals surface area contributed by atoms with E-state index in [9.17, 15) is 9.59 Å². The first-order valence-electron chi connectivity index (χ1n) is 9.34. The highest BCUT2D eigenvalue weighted by Crippen LogP contribution is 2.26. The summed E-state index contributed by atoms with van der Waals surface area (Å²) in [6.07, 6.45) is 2.85. The molecule has 2 aromatic carbocycles. The summed E-state index contributed by atoms with van der Waals surface area (Å²) in [5, 5.41) is 6.80. The van der Waals surface area contributed by atoms with Gasteiger partial charge in [-0.2, -0.15) is 0 Å². The Morgan fingerprint density at radius 2 is 2.11 bits per heavy atom. The number of amides is 2. The molecule has 2 heterocycles. The molecule has 0 fully saturated rings. The first-order valence-corrected chi connectivity index (χ1v) is 10.2. The Balaban J connectivity index is 1.19. The lowest BCUT2D eigenvalue weighted by Crippen LogP contribution is -2.30. The molecular formula is C21H21N3O3S. The molecular weight excluding hydrogens is 374 g/mol. The fraction of sp³-hybridized carbons (Fsp3) is 0.286. The van der Waals surface area contributed by atoms with Crippen molar-refractivity contribution in [2.24, 2.45) is 0 Å². The number of nitrogens with zero attached hydrogens (tertiary/aromatic N) is 1. The summed E-state index contributed by atoms with van der Waals surface area (Å²) in [6, 6.07) is 13.6. The largest absolute Gasteiger partial charge is 0.484 e. The molecule has 0 aliphatic carbocycles. The number of aromatic nitrogens is 1. The zero-order valence-electron chi connectivity index (χ0n) is 15.4. The molecule has 0 unspecified atom stereocenters. The summed E-state index contributed by atoms with van der Waals surface area (Å²) >= 11 is 1.70. The van der Waals surface area contributed by atoms with E-state index in [2.05, 4.69) is 21.7 Å². The molecule has 2 N–H and O–H groups in total. The van der Waals surface area contributed by atoms with Gasteiger partial charge in [0, 0.05) is 25.1 Å². The van der Waals surface area contributed by atoms with Crippen molar-refractivity contribution in [2.45, 2.75) is 25.7 Å². The maximum absolute atomic E-state index is 12.0. The topological polar surface area (TPSA) is 80.3 Å². The van der Waals surface area contributed by atoms with Crippen LogP contribution in [0.3, 0.4) is 0 Å². The van der Waals surface area contributed by atoms with Crippen LogP contribution in [0.4, 0.5) is 5.69 Å². The average molecular weight is 395 g/mol. The van der Waals surface area contributed by atoms with Gasteiger partial charge in [0.2, 0.25) is 5.91 Å². The molecule has 144 valence electrons. The molecule has 1 aliphatic heterocycles. The van der Waals surface area contributed by atoms with E-state index in [-0.39, 0.29) is 18.4 Å². The smallest absolute Gasteiger partial charge is 0.257 e. The maximum Gasteiger partial charge on any atom is 0.257 e. The minimum absolute atomic E-state index is 0.0215. The third-order valence-electron chi connectivity index (χ3n) is 4.57. The summed E-state index contributed by atoms with van der Waals surface area (Å²) in [6.45, 7) is 0.570. The maximum atomic E-state index is 12.0. The van der Waals surface area contributed by atoms with Crippen LogP contribution in [-0.4, -0.2) is 29.9 Å². The van der Waals surface area contributed by atoms with Gasteiger partial charge in [0.05, 0.1) is 15.2 Å². The highest BCUT2D eigenvalue weighted by molar-refractivity contribution is 7.18. The zero-order valence-corrected chi connectivity index (χ0v) is 16.2. The lowest BCUT2D eigenvalue weighted by atomic mass is 10.0. The van der Waals surface area contributed by atoms with Crippen molar-refractivity contribution in [3.8, 4) is 5.75 Å². The van der Waals surface area contributed by atoms with E-state index >= 15 is 0 Å². The molecule has 0 spiro atoms. The Bertz CT molecular complexity index is 982. The van der Waals surface area contributed by atoms with Crippen molar-refractivity contribution in [3.05, 3.63) is 53.0 Å². The van der Waals surface area contributed by atoms with E-state index in [4.69, 9.17) is 4.74 Å². The Labute approximate surface area is 166 Å². The quantitative estimate of drug-likeness (QED) is 0.602. The van der Waals surface area contributed by atoms with E-state index in [1.165, 1.54) is 4.70 Å². The van der Waals surface area contributed by atoms with Crippen molar-refractivity contribution >= 4 is 39.1 Å². The first kappa shape index (κ1) is 18.4. The monoisotopic (exact) mass is 395 g/mol. The average Bonchev–Trinajstić information content (AvgIpc) is 3.12. The molecule has 1 aromatic heterocycles. The molecule has 2 amide bonds. The second-order valence-electron chi connectivity index (χ2n) is 6.68. The number of fused-ring (bicyclic) bond motifs is 2. The molecule has 0 saturated heterocycles. The third kappa shape index (κ3) is 4.48. The normalized spacial score (nSPS) is 13.1. The van der Waals surface area contributed by atoms with E-state index in [1.54, 1.807) is 17.4 Å². The number of ether oxygens (including phenoxy) is 1. The number of benzene rings is 2. The fourth-order valence-corrected chi connectivity index (χ4v) is 4.15. The number of rotatable bonds is 7. The van der Waals surface area contributed by atoms with Crippen molar-refractivity contribution in [1.29, 1.82) is 0 Å². The van der Waals surface area contributed by atoms with Crippen LogP contribution in [0, 0.1) is 0 Å².